The minimum Gasteiger partial charge on any atom is -0.479 e. The summed E-state index contributed by atoms with van der Waals surface area (Å²) in [5, 5.41) is 17.3. The van der Waals surface area contributed by atoms with Crippen molar-refractivity contribution in [1.29, 1.82) is 0 Å². The molecule has 0 aromatic rings. The standard InChI is InChI=1S/C7H11FO4/c8-5(7(10)11)6(9)4-2-1-3-12-4/h4-6,9H,1-3H2,(H,10,11). The molecule has 3 atom stereocenters. The van der Waals surface area contributed by atoms with Crippen LogP contribution in [0.2, 0.25) is 0 Å². The summed E-state index contributed by atoms with van der Waals surface area (Å²) in [7, 11) is 0. The van der Waals surface area contributed by atoms with Crippen LogP contribution in [0.1, 0.15) is 12.8 Å². The van der Waals surface area contributed by atoms with E-state index in [1.54, 1.807) is 0 Å². The van der Waals surface area contributed by atoms with Crippen LogP contribution in [0, 0.1) is 0 Å². The Balaban J connectivity index is 2.44. The third-order valence-corrected chi connectivity index (χ3v) is 1.88. The van der Waals surface area contributed by atoms with Crippen molar-refractivity contribution < 1.29 is 24.1 Å². The van der Waals surface area contributed by atoms with E-state index in [9.17, 15) is 9.18 Å². The molecule has 0 aromatic heterocycles. The lowest BCUT2D eigenvalue weighted by Crippen LogP contribution is -2.39. The molecule has 1 aliphatic heterocycles. The molecule has 1 aliphatic rings. The highest BCUT2D eigenvalue weighted by molar-refractivity contribution is 5.72. The fraction of sp³-hybridized carbons (Fsp3) is 0.857. The van der Waals surface area contributed by atoms with Gasteiger partial charge in [0.15, 0.2) is 0 Å². The highest BCUT2D eigenvalue weighted by Gasteiger charge is 2.35. The molecule has 0 radical (unpaired) electrons. The second-order valence-electron chi connectivity index (χ2n) is 2.78. The van der Waals surface area contributed by atoms with Crippen LogP contribution in [0.5, 0.6) is 0 Å². The Morgan fingerprint density at radius 3 is 2.75 bits per heavy atom. The molecule has 70 valence electrons. The fourth-order valence-electron chi connectivity index (χ4n) is 1.21. The SMILES string of the molecule is O=C(O)C(F)C(O)C1CCCO1. The summed E-state index contributed by atoms with van der Waals surface area (Å²) < 4.78 is 17.6. The third kappa shape index (κ3) is 1.92. The van der Waals surface area contributed by atoms with Gasteiger partial charge in [0.2, 0.25) is 6.17 Å². The van der Waals surface area contributed by atoms with Crippen molar-refractivity contribution in [3.8, 4) is 0 Å². The van der Waals surface area contributed by atoms with E-state index in [2.05, 4.69) is 0 Å². The van der Waals surface area contributed by atoms with Crippen molar-refractivity contribution in [2.75, 3.05) is 6.61 Å². The Labute approximate surface area is 69.0 Å². The third-order valence-electron chi connectivity index (χ3n) is 1.88. The maximum Gasteiger partial charge on any atom is 0.341 e. The van der Waals surface area contributed by atoms with Gasteiger partial charge in [-0.15, -0.1) is 0 Å². The minimum absolute atomic E-state index is 0.466. The summed E-state index contributed by atoms with van der Waals surface area (Å²) in [6, 6.07) is 0. The van der Waals surface area contributed by atoms with Crippen LogP contribution in [0.3, 0.4) is 0 Å². The Morgan fingerprint density at radius 2 is 2.33 bits per heavy atom. The number of carbonyl (C=O) groups is 1. The number of carboxylic acids is 1. The number of hydrogen-bond donors (Lipinski definition) is 2. The van der Waals surface area contributed by atoms with Gasteiger partial charge in [-0.3, -0.25) is 0 Å². The van der Waals surface area contributed by atoms with Gasteiger partial charge in [0, 0.05) is 6.61 Å². The summed E-state index contributed by atoms with van der Waals surface area (Å²) in [5.41, 5.74) is 0. The molecule has 0 saturated carbocycles. The van der Waals surface area contributed by atoms with Crippen LogP contribution in [-0.4, -0.2) is 41.2 Å². The predicted molar refractivity (Wildman–Crippen MR) is 37.5 cm³/mol. The van der Waals surface area contributed by atoms with E-state index in [0.717, 1.165) is 6.42 Å². The molecule has 1 fully saturated rings. The van der Waals surface area contributed by atoms with E-state index < -0.39 is 24.3 Å². The average Bonchev–Trinajstić information content (AvgIpc) is 2.53. The van der Waals surface area contributed by atoms with Gasteiger partial charge in [0.25, 0.3) is 0 Å². The Hall–Kier alpha value is -0.680. The number of aliphatic hydroxyl groups is 1. The van der Waals surface area contributed by atoms with Crippen molar-refractivity contribution in [2.45, 2.75) is 31.2 Å². The first-order valence-electron chi connectivity index (χ1n) is 3.79. The number of hydrogen-bond acceptors (Lipinski definition) is 3. The van der Waals surface area contributed by atoms with Crippen LogP contribution in [0.4, 0.5) is 4.39 Å². The maximum atomic E-state index is 12.6. The largest absolute Gasteiger partial charge is 0.479 e. The number of ether oxygens (including phenoxy) is 1. The molecule has 1 heterocycles. The molecule has 12 heavy (non-hydrogen) atoms. The lowest BCUT2D eigenvalue weighted by Gasteiger charge is -2.17. The number of rotatable bonds is 3. The smallest absolute Gasteiger partial charge is 0.341 e. The predicted octanol–water partition coefficient (Wildman–Crippen LogP) is -0.0510. The van der Waals surface area contributed by atoms with E-state index >= 15 is 0 Å². The van der Waals surface area contributed by atoms with Gasteiger partial charge in [-0.1, -0.05) is 0 Å². The molecule has 0 aromatic carbocycles. The quantitative estimate of drug-likeness (QED) is 0.635. The maximum absolute atomic E-state index is 12.6. The van der Waals surface area contributed by atoms with Gasteiger partial charge in [-0.25, -0.2) is 9.18 Å². The zero-order valence-corrected chi connectivity index (χ0v) is 6.44. The Bertz CT molecular complexity index is 167. The number of carboxylic acid groups (broad SMARTS) is 1. The Kier molecular flexibility index (Phi) is 2.99. The second-order valence-corrected chi connectivity index (χ2v) is 2.78. The van der Waals surface area contributed by atoms with E-state index in [1.807, 2.05) is 0 Å². The zero-order valence-electron chi connectivity index (χ0n) is 6.44. The molecule has 1 rings (SSSR count). The molecule has 0 spiro atoms. The van der Waals surface area contributed by atoms with Crippen molar-refractivity contribution >= 4 is 5.97 Å². The lowest BCUT2D eigenvalue weighted by atomic mass is 10.1. The van der Waals surface area contributed by atoms with Crippen LogP contribution in [0.25, 0.3) is 0 Å². The summed E-state index contributed by atoms with van der Waals surface area (Å²) >= 11 is 0. The topological polar surface area (TPSA) is 66.8 Å². The van der Waals surface area contributed by atoms with Crippen molar-refractivity contribution in [3.05, 3.63) is 0 Å². The van der Waals surface area contributed by atoms with Crippen LogP contribution >= 0.6 is 0 Å². The van der Waals surface area contributed by atoms with E-state index in [4.69, 9.17) is 14.9 Å². The molecule has 2 N–H and O–H groups in total. The summed E-state index contributed by atoms with van der Waals surface area (Å²) in [4.78, 5) is 10.1. The zero-order chi connectivity index (χ0) is 9.14. The number of aliphatic hydroxyl groups excluding tert-OH is 1. The molecule has 1 saturated heterocycles. The van der Waals surface area contributed by atoms with Gasteiger partial charge in [-0.2, -0.15) is 0 Å². The highest BCUT2D eigenvalue weighted by Crippen LogP contribution is 2.19. The highest BCUT2D eigenvalue weighted by atomic mass is 19.1. The van der Waals surface area contributed by atoms with Gasteiger partial charge in [0.1, 0.15) is 6.10 Å². The molecule has 0 amide bonds. The second kappa shape index (κ2) is 3.82. The van der Waals surface area contributed by atoms with E-state index in [1.165, 1.54) is 0 Å². The molecular weight excluding hydrogens is 167 g/mol. The van der Waals surface area contributed by atoms with Gasteiger partial charge < -0.3 is 14.9 Å². The first-order chi connectivity index (χ1) is 5.63. The van der Waals surface area contributed by atoms with Crippen LogP contribution in [-0.2, 0) is 9.53 Å². The molecule has 3 unspecified atom stereocenters. The van der Waals surface area contributed by atoms with Crippen molar-refractivity contribution in [3.63, 3.8) is 0 Å². The summed E-state index contributed by atoms with van der Waals surface area (Å²) in [6.45, 7) is 0.466. The van der Waals surface area contributed by atoms with Gasteiger partial charge in [0.05, 0.1) is 6.10 Å². The van der Waals surface area contributed by atoms with Crippen molar-refractivity contribution in [2.24, 2.45) is 0 Å². The van der Waals surface area contributed by atoms with Crippen molar-refractivity contribution in [1.82, 2.24) is 0 Å². The summed E-state index contributed by atoms with van der Waals surface area (Å²) in [5.74, 6) is -1.64. The molecule has 0 bridgehead atoms. The van der Waals surface area contributed by atoms with Crippen LogP contribution < -0.4 is 0 Å². The van der Waals surface area contributed by atoms with E-state index in [0.29, 0.717) is 13.0 Å². The molecule has 4 nitrogen and oxygen atoms in total. The normalized spacial score (nSPS) is 28.3. The molecule has 0 aliphatic carbocycles. The number of aliphatic carboxylic acids is 1. The lowest BCUT2D eigenvalue weighted by molar-refractivity contribution is -0.151. The fourth-order valence-corrected chi connectivity index (χ4v) is 1.21. The average molecular weight is 178 g/mol. The first-order valence-corrected chi connectivity index (χ1v) is 3.79. The van der Waals surface area contributed by atoms with Crippen LogP contribution in [0.15, 0.2) is 0 Å². The first kappa shape index (κ1) is 9.41. The molecule has 5 heteroatoms. The Morgan fingerprint density at radius 1 is 1.67 bits per heavy atom. The van der Waals surface area contributed by atoms with E-state index in [-0.39, 0.29) is 0 Å². The monoisotopic (exact) mass is 178 g/mol. The summed E-state index contributed by atoms with van der Waals surface area (Å²) in [6.07, 6.45) is -3.17. The van der Waals surface area contributed by atoms with Gasteiger partial charge >= 0.3 is 5.97 Å². The molecular formula is C7H11FO4. The minimum atomic E-state index is -2.24. The number of halogens is 1. The van der Waals surface area contributed by atoms with Gasteiger partial charge in [-0.05, 0) is 12.8 Å². The number of alkyl halides is 1.